The monoisotopic (exact) mass is 247 g/mol. The van der Waals surface area contributed by atoms with E-state index in [9.17, 15) is 0 Å². The molecule has 0 amide bonds. The first-order valence-corrected chi connectivity index (χ1v) is 5.02. The van der Waals surface area contributed by atoms with Crippen molar-refractivity contribution in [2.45, 2.75) is 0 Å². The van der Waals surface area contributed by atoms with Crippen LogP contribution in [-0.4, -0.2) is 15.0 Å². The number of hydrogen-bond acceptors (Lipinski definition) is 2. The molecule has 3 rings (SSSR count). The average molecular weight is 248 g/mol. The average Bonchev–Trinajstić information content (AvgIpc) is 2.54. The second kappa shape index (κ2) is 2.78. The minimum absolute atomic E-state index is 0.838. The van der Waals surface area contributed by atoms with E-state index >= 15 is 0 Å². The summed E-state index contributed by atoms with van der Waals surface area (Å²) >= 11 is 3.34. The molecule has 68 valence electrons. The quantitative estimate of drug-likeness (QED) is 0.621. The van der Waals surface area contributed by atoms with Crippen LogP contribution >= 0.6 is 15.9 Å². The number of nitrogens with one attached hydrogen (secondary N) is 1. The highest BCUT2D eigenvalue weighted by atomic mass is 79.9. The molecule has 0 aromatic carbocycles. The molecule has 0 saturated carbocycles. The fourth-order valence-electron chi connectivity index (χ4n) is 1.59. The Balaban J connectivity index is 2.57. The molecule has 1 N–H and O–H groups in total. The van der Waals surface area contributed by atoms with E-state index in [2.05, 4.69) is 30.9 Å². The fourth-order valence-corrected chi connectivity index (χ4v) is 1.90. The largest absolute Gasteiger partial charge is 0.339 e. The SMILES string of the molecule is Brc1ccc2c(n1)[nH]c1ccncc12. The summed E-state index contributed by atoms with van der Waals surface area (Å²) in [6, 6.07) is 5.92. The maximum atomic E-state index is 4.35. The van der Waals surface area contributed by atoms with Crippen molar-refractivity contribution in [2.24, 2.45) is 0 Å². The van der Waals surface area contributed by atoms with Crippen molar-refractivity contribution in [1.82, 2.24) is 15.0 Å². The number of rotatable bonds is 0. The van der Waals surface area contributed by atoms with Gasteiger partial charge in [-0.3, -0.25) is 4.98 Å². The highest BCUT2D eigenvalue weighted by molar-refractivity contribution is 9.10. The van der Waals surface area contributed by atoms with E-state index in [1.54, 1.807) is 6.20 Å². The predicted molar refractivity (Wildman–Crippen MR) is 59.1 cm³/mol. The molecule has 3 aromatic rings. The lowest BCUT2D eigenvalue weighted by molar-refractivity contribution is 1.30. The van der Waals surface area contributed by atoms with E-state index in [0.717, 1.165) is 26.5 Å². The van der Waals surface area contributed by atoms with E-state index in [1.807, 2.05) is 24.4 Å². The van der Waals surface area contributed by atoms with Crippen molar-refractivity contribution in [3.8, 4) is 0 Å². The summed E-state index contributed by atoms with van der Waals surface area (Å²) < 4.78 is 0.838. The zero-order valence-electron chi connectivity index (χ0n) is 7.16. The van der Waals surface area contributed by atoms with Gasteiger partial charge in [0.2, 0.25) is 0 Å². The molecule has 0 aliphatic carbocycles. The third kappa shape index (κ3) is 1.04. The molecule has 0 radical (unpaired) electrons. The summed E-state index contributed by atoms with van der Waals surface area (Å²) in [5.41, 5.74) is 1.96. The van der Waals surface area contributed by atoms with Crippen LogP contribution in [0.2, 0.25) is 0 Å². The number of fused-ring (bicyclic) bond motifs is 3. The van der Waals surface area contributed by atoms with Crippen LogP contribution in [-0.2, 0) is 0 Å². The molecule has 14 heavy (non-hydrogen) atoms. The number of aromatic amines is 1. The molecule has 4 heteroatoms. The standard InChI is InChI=1S/C10H6BrN3/c11-9-2-1-6-7-5-12-4-3-8(7)13-10(6)14-9/h1-5H,(H,13,14). The first kappa shape index (κ1) is 7.94. The normalized spacial score (nSPS) is 11.2. The minimum atomic E-state index is 0.838. The van der Waals surface area contributed by atoms with E-state index in [-0.39, 0.29) is 0 Å². The van der Waals surface area contributed by atoms with Crippen molar-refractivity contribution in [2.75, 3.05) is 0 Å². The van der Waals surface area contributed by atoms with Gasteiger partial charge in [-0.2, -0.15) is 0 Å². The maximum absolute atomic E-state index is 4.35. The number of pyridine rings is 2. The van der Waals surface area contributed by atoms with Gasteiger partial charge >= 0.3 is 0 Å². The van der Waals surface area contributed by atoms with Crippen molar-refractivity contribution >= 4 is 37.9 Å². The van der Waals surface area contributed by atoms with Crippen molar-refractivity contribution in [1.29, 1.82) is 0 Å². The summed E-state index contributed by atoms with van der Waals surface area (Å²) in [6.07, 6.45) is 3.62. The Labute approximate surface area is 88.3 Å². The lowest BCUT2D eigenvalue weighted by atomic mass is 10.2. The van der Waals surface area contributed by atoms with Gasteiger partial charge < -0.3 is 4.98 Å². The topological polar surface area (TPSA) is 41.6 Å². The highest BCUT2D eigenvalue weighted by Gasteiger charge is 2.04. The van der Waals surface area contributed by atoms with Crippen LogP contribution < -0.4 is 0 Å². The molecule has 0 aliphatic rings. The minimum Gasteiger partial charge on any atom is -0.339 e. The summed E-state index contributed by atoms with van der Waals surface area (Å²) in [6.45, 7) is 0. The molecule has 0 spiro atoms. The van der Waals surface area contributed by atoms with Gasteiger partial charge in [0.1, 0.15) is 10.3 Å². The second-order valence-electron chi connectivity index (χ2n) is 3.08. The summed E-state index contributed by atoms with van der Waals surface area (Å²) in [4.78, 5) is 11.7. The van der Waals surface area contributed by atoms with Crippen LogP contribution in [0.4, 0.5) is 0 Å². The molecule has 0 aliphatic heterocycles. The molecule has 0 unspecified atom stereocenters. The van der Waals surface area contributed by atoms with Crippen LogP contribution in [0.3, 0.4) is 0 Å². The van der Waals surface area contributed by atoms with Crippen LogP contribution in [0, 0.1) is 0 Å². The number of aromatic nitrogens is 3. The molecule has 3 aromatic heterocycles. The zero-order valence-corrected chi connectivity index (χ0v) is 8.75. The number of hydrogen-bond donors (Lipinski definition) is 1. The van der Waals surface area contributed by atoms with E-state index < -0.39 is 0 Å². The number of H-pyrrole nitrogens is 1. The van der Waals surface area contributed by atoms with Crippen molar-refractivity contribution < 1.29 is 0 Å². The molecule has 0 atom stereocenters. The van der Waals surface area contributed by atoms with Gasteiger partial charge in [-0.15, -0.1) is 0 Å². The molecule has 0 bridgehead atoms. The second-order valence-corrected chi connectivity index (χ2v) is 3.89. The number of halogens is 1. The summed E-state index contributed by atoms with van der Waals surface area (Å²) in [5.74, 6) is 0. The Kier molecular flexibility index (Phi) is 1.58. The first-order valence-electron chi connectivity index (χ1n) is 4.22. The molecule has 3 heterocycles. The molecular formula is C10H6BrN3. The Bertz CT molecular complexity index is 615. The third-order valence-electron chi connectivity index (χ3n) is 2.23. The van der Waals surface area contributed by atoms with Gasteiger partial charge in [0, 0.05) is 23.2 Å². The Hall–Kier alpha value is -1.42. The maximum Gasteiger partial charge on any atom is 0.139 e. The van der Waals surface area contributed by atoms with Gasteiger partial charge in [0.15, 0.2) is 0 Å². The van der Waals surface area contributed by atoms with Gasteiger partial charge in [-0.1, -0.05) is 0 Å². The van der Waals surface area contributed by atoms with Gasteiger partial charge in [-0.05, 0) is 34.1 Å². The van der Waals surface area contributed by atoms with E-state index in [1.165, 1.54) is 0 Å². The van der Waals surface area contributed by atoms with Gasteiger partial charge in [0.25, 0.3) is 0 Å². The smallest absolute Gasteiger partial charge is 0.139 e. The van der Waals surface area contributed by atoms with Crippen molar-refractivity contribution in [3.05, 3.63) is 35.2 Å². The first-order chi connectivity index (χ1) is 6.84. The molecular weight excluding hydrogens is 242 g/mol. The van der Waals surface area contributed by atoms with Crippen LogP contribution in [0.1, 0.15) is 0 Å². The van der Waals surface area contributed by atoms with E-state index in [0.29, 0.717) is 0 Å². The lowest BCUT2D eigenvalue weighted by Crippen LogP contribution is -1.75. The van der Waals surface area contributed by atoms with Crippen LogP contribution in [0.15, 0.2) is 35.2 Å². The third-order valence-corrected chi connectivity index (χ3v) is 2.67. The van der Waals surface area contributed by atoms with Crippen LogP contribution in [0.25, 0.3) is 21.9 Å². The Morgan fingerprint density at radius 2 is 2.07 bits per heavy atom. The Morgan fingerprint density at radius 3 is 3.00 bits per heavy atom. The Morgan fingerprint density at radius 1 is 1.14 bits per heavy atom. The number of nitrogens with zero attached hydrogens (tertiary/aromatic N) is 2. The fraction of sp³-hybridized carbons (Fsp3) is 0. The summed E-state index contributed by atoms with van der Waals surface area (Å²) in [7, 11) is 0. The summed E-state index contributed by atoms with van der Waals surface area (Å²) in [5, 5.41) is 2.22. The van der Waals surface area contributed by atoms with Crippen molar-refractivity contribution in [3.63, 3.8) is 0 Å². The molecule has 3 nitrogen and oxygen atoms in total. The van der Waals surface area contributed by atoms with Gasteiger partial charge in [-0.25, -0.2) is 4.98 Å². The highest BCUT2D eigenvalue weighted by Crippen LogP contribution is 2.24. The molecule has 0 fully saturated rings. The predicted octanol–water partition coefficient (Wildman–Crippen LogP) is 2.87. The zero-order chi connectivity index (χ0) is 9.54. The van der Waals surface area contributed by atoms with E-state index in [4.69, 9.17) is 0 Å². The lowest BCUT2D eigenvalue weighted by Gasteiger charge is -1.89. The van der Waals surface area contributed by atoms with Gasteiger partial charge in [0.05, 0.1) is 5.52 Å². The van der Waals surface area contributed by atoms with Crippen LogP contribution in [0.5, 0.6) is 0 Å². The molecule has 0 saturated heterocycles.